The van der Waals surface area contributed by atoms with Gasteiger partial charge >= 0.3 is 0 Å². The van der Waals surface area contributed by atoms with Gasteiger partial charge in [-0.25, -0.2) is 0 Å². The molecule has 3 rings (SSSR count). The lowest BCUT2D eigenvalue weighted by molar-refractivity contribution is 1.67. The lowest BCUT2D eigenvalue weighted by atomic mass is 10.2. The summed E-state index contributed by atoms with van der Waals surface area (Å²) < 4.78 is 0. The molecule has 0 nitrogen and oxygen atoms in total. The van der Waals surface area contributed by atoms with Crippen LogP contribution in [0.4, 0.5) is 0 Å². The fraction of sp³-hybridized carbons (Fsp3) is 0. The molecule has 0 unspecified atom stereocenters. The third-order valence-electron chi connectivity index (χ3n) is 4.77. The minimum Gasteiger partial charge on any atom is -0.0991 e. The van der Waals surface area contributed by atoms with Crippen molar-refractivity contribution in [1.29, 1.82) is 0 Å². The van der Waals surface area contributed by atoms with Crippen molar-refractivity contribution < 1.29 is 0 Å². The van der Waals surface area contributed by atoms with Crippen LogP contribution in [0.2, 0.25) is 0 Å². The van der Waals surface area contributed by atoms with Gasteiger partial charge in [0.25, 0.3) is 0 Å². The van der Waals surface area contributed by atoms with Gasteiger partial charge in [-0.15, -0.1) is 0 Å². The molecule has 0 radical (unpaired) electrons. The molecule has 0 aliphatic heterocycles. The van der Waals surface area contributed by atoms with Gasteiger partial charge in [-0.3, -0.25) is 0 Å². The minimum absolute atomic E-state index is 1.17. The van der Waals surface area contributed by atoms with Crippen molar-refractivity contribution in [1.82, 2.24) is 0 Å². The zero-order valence-corrected chi connectivity index (χ0v) is 39.7. The van der Waals surface area contributed by atoms with Crippen LogP contribution in [0.15, 0.2) is 364 Å². The van der Waals surface area contributed by atoms with E-state index in [9.17, 15) is 0 Å². The second-order valence-corrected chi connectivity index (χ2v) is 9.56. The standard InChI is InChI=1S/3C8H8.10C4H6/c3*1-2-8-6-4-3-5-7-8;10*1-3-4-2/h3*2-7H,1H2;10*3-4H,1-2H2. The van der Waals surface area contributed by atoms with E-state index in [0.717, 1.165) is 0 Å². The fourth-order valence-corrected chi connectivity index (χ4v) is 1.77. The fourth-order valence-electron chi connectivity index (χ4n) is 1.77. The molecule has 0 atom stereocenters. The van der Waals surface area contributed by atoms with Crippen LogP contribution in [0.3, 0.4) is 0 Å². The largest absolute Gasteiger partial charge is 0.0991 e. The summed E-state index contributed by atoms with van der Waals surface area (Å²) in [5, 5.41) is 0. The van der Waals surface area contributed by atoms with E-state index in [1.54, 1.807) is 122 Å². The predicted octanol–water partition coefficient (Wildman–Crippen LogP) is 20.6. The van der Waals surface area contributed by atoms with Gasteiger partial charge in [0.1, 0.15) is 0 Å². The summed E-state index contributed by atoms with van der Waals surface area (Å²) in [5.74, 6) is 0. The van der Waals surface area contributed by atoms with Crippen molar-refractivity contribution in [3.63, 3.8) is 0 Å². The predicted molar refractivity (Wildman–Crippen MR) is 314 cm³/mol. The zero-order valence-electron chi connectivity index (χ0n) is 39.7. The molecule has 340 valence electrons. The Hall–Kier alpha value is -8.32. The first-order chi connectivity index (χ1) is 30.9. The quantitative estimate of drug-likeness (QED) is 0.150. The smallest absolute Gasteiger partial charge is 0.0263 e. The van der Waals surface area contributed by atoms with Crippen LogP contribution < -0.4 is 0 Å². The molecule has 0 fully saturated rings. The van der Waals surface area contributed by atoms with Crippen LogP contribution in [0.5, 0.6) is 0 Å². The van der Waals surface area contributed by atoms with Crippen LogP contribution in [0.25, 0.3) is 18.2 Å². The summed E-state index contributed by atoms with van der Waals surface area (Å²) in [6, 6.07) is 30.1. The third kappa shape index (κ3) is 148. The van der Waals surface area contributed by atoms with Crippen molar-refractivity contribution in [3.05, 3.63) is 381 Å². The molecular formula is C64H84. The van der Waals surface area contributed by atoms with E-state index in [1.165, 1.54) is 16.7 Å². The maximum Gasteiger partial charge on any atom is -0.0263 e. The van der Waals surface area contributed by atoms with Gasteiger partial charge in [0.05, 0.1) is 0 Å². The lowest BCUT2D eigenvalue weighted by Crippen LogP contribution is -1.63. The molecular weight excluding hydrogens is 769 g/mol. The summed E-state index contributed by atoms with van der Waals surface area (Å²) in [5.41, 5.74) is 3.52. The molecule has 0 aliphatic carbocycles. The third-order valence-corrected chi connectivity index (χ3v) is 4.77. The van der Waals surface area contributed by atoms with E-state index >= 15 is 0 Å². The Kier molecular flexibility index (Phi) is 131. The first-order valence-corrected chi connectivity index (χ1v) is 19.3. The number of rotatable bonds is 13. The summed E-state index contributed by atoms with van der Waals surface area (Å²) in [6.45, 7) is 78.1. The van der Waals surface area contributed by atoms with Crippen LogP contribution in [0.1, 0.15) is 16.7 Å². The van der Waals surface area contributed by atoms with Crippen LogP contribution in [-0.4, -0.2) is 0 Å². The summed E-state index contributed by atoms with van der Waals surface area (Å²) in [7, 11) is 0. The normalized spacial score (nSPS) is 6.31. The zero-order chi connectivity index (χ0) is 51.6. The molecule has 0 amide bonds. The van der Waals surface area contributed by atoms with Crippen LogP contribution in [0, 0.1) is 0 Å². The van der Waals surface area contributed by atoms with Gasteiger partial charge in [-0.1, -0.05) is 382 Å². The second kappa shape index (κ2) is 105. The SMILES string of the molecule is C=CC=C.C=CC=C.C=CC=C.C=CC=C.C=CC=C.C=CC=C.C=CC=C.C=CC=C.C=CC=C.C=CC=C.C=Cc1ccccc1.C=Cc1ccccc1.C=Cc1ccccc1. The molecule has 64 heavy (non-hydrogen) atoms. The Labute approximate surface area is 397 Å². The average molecular weight is 853 g/mol. The highest BCUT2D eigenvalue weighted by Crippen LogP contribution is 1.99. The summed E-state index contributed by atoms with van der Waals surface area (Å²) >= 11 is 0. The molecule has 0 spiro atoms. The molecule has 0 N–H and O–H groups in total. The Morgan fingerprint density at radius 2 is 0.250 bits per heavy atom. The highest BCUT2D eigenvalue weighted by atomic mass is 13.8. The van der Waals surface area contributed by atoms with E-state index in [1.807, 2.05) is 109 Å². The first kappa shape index (κ1) is 79.8. The Morgan fingerprint density at radius 3 is 0.297 bits per heavy atom. The molecule has 3 aromatic rings. The van der Waals surface area contributed by atoms with Gasteiger partial charge in [-0.2, -0.15) is 0 Å². The second-order valence-electron chi connectivity index (χ2n) is 9.56. The Bertz CT molecular complexity index is 1250. The van der Waals surface area contributed by atoms with Gasteiger partial charge in [-0.05, 0) is 16.7 Å². The molecule has 0 heterocycles. The van der Waals surface area contributed by atoms with Crippen molar-refractivity contribution >= 4 is 18.2 Å². The summed E-state index contributed by atoms with van der Waals surface area (Å²) in [6.07, 6.45) is 38.3. The number of allylic oxidation sites excluding steroid dienone is 20. The van der Waals surface area contributed by atoms with E-state index < -0.39 is 0 Å². The molecule has 0 aliphatic rings. The monoisotopic (exact) mass is 853 g/mol. The van der Waals surface area contributed by atoms with Crippen molar-refractivity contribution in [2.24, 2.45) is 0 Å². The van der Waals surface area contributed by atoms with Gasteiger partial charge in [0.2, 0.25) is 0 Å². The highest BCUT2D eigenvalue weighted by Gasteiger charge is 1.77. The lowest BCUT2D eigenvalue weighted by Gasteiger charge is -1.85. The molecule has 3 aromatic carbocycles. The molecule has 0 saturated carbocycles. The number of benzene rings is 3. The van der Waals surface area contributed by atoms with Crippen molar-refractivity contribution in [3.8, 4) is 0 Å². The van der Waals surface area contributed by atoms with Gasteiger partial charge in [0.15, 0.2) is 0 Å². The highest BCUT2D eigenvalue weighted by molar-refractivity contribution is 5.47. The van der Waals surface area contributed by atoms with E-state index in [0.29, 0.717) is 0 Å². The molecule has 0 aromatic heterocycles. The molecule has 0 saturated heterocycles. The van der Waals surface area contributed by atoms with Gasteiger partial charge < -0.3 is 0 Å². The number of hydrogen-bond donors (Lipinski definition) is 0. The summed E-state index contributed by atoms with van der Waals surface area (Å²) in [4.78, 5) is 0. The number of hydrogen-bond acceptors (Lipinski definition) is 0. The first-order valence-electron chi connectivity index (χ1n) is 19.3. The minimum atomic E-state index is 1.17. The van der Waals surface area contributed by atoms with Crippen LogP contribution >= 0.6 is 0 Å². The van der Waals surface area contributed by atoms with E-state index in [4.69, 9.17) is 0 Å². The molecule has 0 bridgehead atoms. The Balaban J connectivity index is -0.0000000627. The van der Waals surface area contributed by atoms with Crippen molar-refractivity contribution in [2.75, 3.05) is 0 Å². The van der Waals surface area contributed by atoms with Crippen LogP contribution in [-0.2, 0) is 0 Å². The topological polar surface area (TPSA) is 0 Å². The molecule has 0 heteroatoms. The van der Waals surface area contributed by atoms with E-state index in [-0.39, 0.29) is 0 Å². The average Bonchev–Trinajstić information content (AvgIpc) is 3.40. The Morgan fingerprint density at radius 1 is 0.156 bits per heavy atom. The van der Waals surface area contributed by atoms with E-state index in [2.05, 4.69) is 151 Å². The maximum absolute atomic E-state index is 3.63. The van der Waals surface area contributed by atoms with Crippen molar-refractivity contribution in [2.45, 2.75) is 0 Å². The van der Waals surface area contributed by atoms with Gasteiger partial charge in [0, 0.05) is 0 Å². The maximum atomic E-state index is 3.63.